The van der Waals surface area contributed by atoms with Gasteiger partial charge in [0.25, 0.3) is 5.91 Å². The molecule has 0 saturated carbocycles. The molecule has 0 unspecified atom stereocenters. The van der Waals surface area contributed by atoms with Crippen molar-refractivity contribution in [2.75, 3.05) is 45.1 Å². The maximum absolute atomic E-state index is 12.4. The van der Waals surface area contributed by atoms with Gasteiger partial charge in [0.1, 0.15) is 0 Å². The largest absolute Gasteiger partial charge is 0.364 e. The van der Waals surface area contributed by atoms with Gasteiger partial charge in [-0.15, -0.1) is 0 Å². The van der Waals surface area contributed by atoms with E-state index in [9.17, 15) is 14.4 Å². The molecular formula is C28H39N7O3. The standard InChI is InChI=1S/C28H39N7O3/c1-5-22-23(6-2)33-28(26(32-22)27(29)38)31-21-11-7-10-20(16-21)19(3)17-30-24(36)18-34(4)25(37)12-8-13-35-14-9-15-35/h7-8,10-12,16,19H,5-6,9,13-15,17-18H2,1-4H3,(H2,29,38)(H,30,36)(H,31,33)/b12-8+/t19-/m0/s1. The highest BCUT2D eigenvalue weighted by Crippen LogP contribution is 2.24. The predicted molar refractivity (Wildman–Crippen MR) is 148 cm³/mol. The minimum Gasteiger partial charge on any atom is -0.364 e. The average molecular weight is 522 g/mol. The van der Waals surface area contributed by atoms with Crippen molar-refractivity contribution in [1.82, 2.24) is 25.1 Å². The summed E-state index contributed by atoms with van der Waals surface area (Å²) < 4.78 is 0. The number of aromatic nitrogens is 2. The molecule has 10 heteroatoms. The number of hydrogen-bond donors (Lipinski definition) is 3. The van der Waals surface area contributed by atoms with Gasteiger partial charge in [0.15, 0.2) is 11.5 Å². The Balaban J connectivity index is 1.57. The normalized spacial score (nSPS) is 14.1. The van der Waals surface area contributed by atoms with E-state index in [1.807, 2.05) is 51.1 Å². The molecule has 1 saturated heterocycles. The second-order valence-corrected chi connectivity index (χ2v) is 9.59. The molecule has 0 bridgehead atoms. The van der Waals surface area contributed by atoms with Gasteiger partial charge < -0.3 is 21.3 Å². The summed E-state index contributed by atoms with van der Waals surface area (Å²) in [5, 5.41) is 6.11. The van der Waals surface area contributed by atoms with E-state index in [4.69, 9.17) is 5.73 Å². The van der Waals surface area contributed by atoms with E-state index >= 15 is 0 Å². The van der Waals surface area contributed by atoms with Gasteiger partial charge in [0, 0.05) is 31.9 Å². The Bertz CT molecular complexity index is 1180. The molecule has 1 aromatic carbocycles. The van der Waals surface area contributed by atoms with Crippen molar-refractivity contribution in [3.63, 3.8) is 0 Å². The average Bonchev–Trinajstić information content (AvgIpc) is 2.88. The Labute approximate surface area is 224 Å². The van der Waals surface area contributed by atoms with Crippen LogP contribution < -0.4 is 16.4 Å². The number of rotatable bonds is 13. The zero-order valence-electron chi connectivity index (χ0n) is 22.8. The van der Waals surface area contributed by atoms with E-state index in [2.05, 4.69) is 25.5 Å². The van der Waals surface area contributed by atoms with Gasteiger partial charge in [0.2, 0.25) is 11.8 Å². The van der Waals surface area contributed by atoms with Gasteiger partial charge in [-0.3, -0.25) is 19.3 Å². The number of carbonyl (C=O) groups is 3. The fourth-order valence-corrected chi connectivity index (χ4v) is 4.12. The molecule has 204 valence electrons. The molecule has 1 aliphatic heterocycles. The molecule has 1 aromatic heterocycles. The summed E-state index contributed by atoms with van der Waals surface area (Å²) >= 11 is 0. The first kappa shape index (κ1) is 28.8. The SMILES string of the molecule is CCc1nc(Nc2cccc([C@@H](C)CNC(=O)CN(C)C(=O)/C=C/CN3CCC3)c2)c(C(N)=O)nc1CC. The molecular weight excluding hydrogens is 482 g/mol. The zero-order valence-corrected chi connectivity index (χ0v) is 22.8. The third-order valence-electron chi connectivity index (χ3n) is 6.61. The molecule has 38 heavy (non-hydrogen) atoms. The second kappa shape index (κ2) is 13.7. The Hall–Kier alpha value is -3.79. The number of amides is 3. The van der Waals surface area contributed by atoms with Crippen LogP contribution in [0.15, 0.2) is 36.4 Å². The van der Waals surface area contributed by atoms with E-state index in [0.29, 0.717) is 25.2 Å². The van der Waals surface area contributed by atoms with Crippen LogP contribution in [0.2, 0.25) is 0 Å². The van der Waals surface area contributed by atoms with Crippen molar-refractivity contribution < 1.29 is 14.4 Å². The number of aryl methyl sites for hydroxylation is 2. The van der Waals surface area contributed by atoms with Crippen LogP contribution in [0.5, 0.6) is 0 Å². The highest BCUT2D eigenvalue weighted by Gasteiger charge is 2.18. The monoisotopic (exact) mass is 521 g/mol. The lowest BCUT2D eigenvalue weighted by atomic mass is 10.0. The number of likely N-dealkylation sites (tertiary alicyclic amines) is 1. The first-order chi connectivity index (χ1) is 18.2. The van der Waals surface area contributed by atoms with Gasteiger partial charge in [-0.05, 0) is 56.0 Å². The van der Waals surface area contributed by atoms with E-state index in [-0.39, 0.29) is 30.0 Å². The van der Waals surface area contributed by atoms with Crippen LogP contribution >= 0.6 is 0 Å². The third kappa shape index (κ3) is 7.85. The summed E-state index contributed by atoms with van der Waals surface area (Å²) in [4.78, 5) is 49.4. The summed E-state index contributed by atoms with van der Waals surface area (Å²) in [5.74, 6) is -0.712. The summed E-state index contributed by atoms with van der Waals surface area (Å²) in [6.45, 7) is 9.27. The molecule has 1 atom stereocenters. The maximum Gasteiger partial charge on any atom is 0.271 e. The van der Waals surface area contributed by atoms with Gasteiger partial charge >= 0.3 is 0 Å². The van der Waals surface area contributed by atoms with Crippen LogP contribution in [-0.4, -0.2) is 77.3 Å². The number of nitrogens with zero attached hydrogens (tertiary/aromatic N) is 4. The molecule has 10 nitrogen and oxygen atoms in total. The molecule has 2 heterocycles. The van der Waals surface area contributed by atoms with Crippen LogP contribution in [0.1, 0.15) is 60.5 Å². The number of primary amides is 1. The van der Waals surface area contributed by atoms with E-state index in [1.165, 1.54) is 17.4 Å². The van der Waals surface area contributed by atoms with Gasteiger partial charge in [-0.25, -0.2) is 9.97 Å². The third-order valence-corrected chi connectivity index (χ3v) is 6.61. The molecule has 3 rings (SSSR count). The number of nitrogens with one attached hydrogen (secondary N) is 2. The Morgan fingerprint density at radius 1 is 1.16 bits per heavy atom. The van der Waals surface area contributed by atoms with Crippen LogP contribution in [0, 0.1) is 0 Å². The van der Waals surface area contributed by atoms with Crippen LogP contribution in [0.3, 0.4) is 0 Å². The first-order valence-electron chi connectivity index (χ1n) is 13.2. The first-order valence-corrected chi connectivity index (χ1v) is 13.2. The summed E-state index contributed by atoms with van der Waals surface area (Å²) in [7, 11) is 1.62. The molecule has 0 radical (unpaired) electrons. The molecule has 2 aromatic rings. The molecule has 3 amide bonds. The highest BCUT2D eigenvalue weighted by molar-refractivity contribution is 5.96. The second-order valence-electron chi connectivity index (χ2n) is 9.59. The van der Waals surface area contributed by atoms with Crippen molar-refractivity contribution in [3.8, 4) is 0 Å². The fraction of sp³-hybridized carbons (Fsp3) is 0.464. The lowest BCUT2D eigenvalue weighted by Gasteiger charge is -2.29. The summed E-state index contributed by atoms with van der Waals surface area (Å²) in [5.41, 5.74) is 8.99. The molecule has 1 aliphatic rings. The van der Waals surface area contributed by atoms with Crippen LogP contribution in [0.4, 0.5) is 11.5 Å². The maximum atomic E-state index is 12.4. The number of anilines is 2. The Kier molecular flexibility index (Phi) is 10.3. The number of likely N-dealkylation sites (N-methyl/N-ethyl adjacent to an activating group) is 1. The Morgan fingerprint density at radius 3 is 2.50 bits per heavy atom. The molecule has 0 spiro atoms. The number of nitrogens with two attached hydrogens (primary N) is 1. The lowest BCUT2D eigenvalue weighted by Crippen LogP contribution is -2.39. The van der Waals surface area contributed by atoms with E-state index in [0.717, 1.165) is 42.3 Å². The topological polar surface area (TPSA) is 134 Å². The molecule has 0 aliphatic carbocycles. The van der Waals surface area contributed by atoms with Crippen LogP contribution in [-0.2, 0) is 22.4 Å². The quantitative estimate of drug-likeness (QED) is 0.345. The molecule has 1 fully saturated rings. The van der Waals surface area contributed by atoms with Crippen molar-refractivity contribution in [2.24, 2.45) is 5.73 Å². The van der Waals surface area contributed by atoms with Crippen molar-refractivity contribution >= 4 is 29.2 Å². The van der Waals surface area contributed by atoms with E-state index < -0.39 is 5.91 Å². The summed E-state index contributed by atoms with van der Waals surface area (Å²) in [6.07, 6.45) is 5.93. The van der Waals surface area contributed by atoms with Gasteiger partial charge in [-0.1, -0.05) is 39.0 Å². The van der Waals surface area contributed by atoms with Crippen molar-refractivity contribution in [1.29, 1.82) is 0 Å². The highest BCUT2D eigenvalue weighted by atomic mass is 16.2. The van der Waals surface area contributed by atoms with Crippen LogP contribution in [0.25, 0.3) is 0 Å². The molecule has 4 N–H and O–H groups in total. The van der Waals surface area contributed by atoms with Gasteiger partial charge in [-0.2, -0.15) is 0 Å². The number of hydrogen-bond acceptors (Lipinski definition) is 7. The minimum absolute atomic E-state index is 0.00787. The van der Waals surface area contributed by atoms with E-state index in [1.54, 1.807) is 7.05 Å². The Morgan fingerprint density at radius 2 is 1.87 bits per heavy atom. The van der Waals surface area contributed by atoms with Gasteiger partial charge in [0.05, 0.1) is 17.9 Å². The smallest absolute Gasteiger partial charge is 0.271 e. The lowest BCUT2D eigenvalue weighted by molar-refractivity contribution is -0.131. The number of benzene rings is 1. The predicted octanol–water partition coefficient (Wildman–Crippen LogP) is 2.38. The minimum atomic E-state index is -0.639. The number of carbonyl (C=O) groups excluding carboxylic acids is 3. The van der Waals surface area contributed by atoms with Crippen molar-refractivity contribution in [3.05, 3.63) is 59.1 Å². The fourth-order valence-electron chi connectivity index (χ4n) is 4.12. The zero-order chi connectivity index (χ0) is 27.7. The van der Waals surface area contributed by atoms with Crippen molar-refractivity contribution in [2.45, 2.75) is 46.0 Å². The summed E-state index contributed by atoms with van der Waals surface area (Å²) in [6, 6.07) is 7.68.